The van der Waals surface area contributed by atoms with Crippen LogP contribution in [-0.4, -0.2) is 0 Å². The topological polar surface area (TPSA) is 24.9 Å². The van der Waals surface area contributed by atoms with Gasteiger partial charge in [0.05, 0.1) is 16.2 Å². The molecular formula is C103H62F8N2O2. The van der Waals surface area contributed by atoms with Crippen LogP contribution in [0.15, 0.2) is 353 Å². The molecule has 0 bridgehead atoms. The monoisotopic (exact) mass is 1510 g/mol. The fourth-order valence-corrected chi connectivity index (χ4v) is 18.6. The zero-order chi connectivity index (χ0) is 78.2. The number of anilines is 6. The van der Waals surface area contributed by atoms with Crippen LogP contribution in [0, 0.1) is 46.5 Å². The fourth-order valence-electron chi connectivity index (χ4n) is 18.6. The Bertz CT molecular complexity index is 6280. The van der Waals surface area contributed by atoms with Crippen molar-refractivity contribution in [2.75, 3.05) is 9.80 Å². The van der Waals surface area contributed by atoms with Crippen LogP contribution >= 0.6 is 0 Å². The Hall–Kier alpha value is -14.4. The minimum absolute atomic E-state index is 0.128. The summed E-state index contributed by atoms with van der Waals surface area (Å²) in [5.74, 6) is -5.98. The first kappa shape index (κ1) is 69.8. The van der Waals surface area contributed by atoms with Gasteiger partial charge in [0.15, 0.2) is 23.3 Å². The highest BCUT2D eigenvalue weighted by molar-refractivity contribution is 5.99. The second kappa shape index (κ2) is 27.0. The van der Waals surface area contributed by atoms with E-state index in [1.807, 2.05) is 204 Å². The number of nitrogens with zero attached hydrogens (tertiary/aromatic N) is 2. The molecule has 0 radical (unpaired) electrons. The van der Waals surface area contributed by atoms with E-state index in [2.05, 4.69) is 61.7 Å². The molecule has 16 aromatic carbocycles. The van der Waals surface area contributed by atoms with Gasteiger partial charge in [0.1, 0.15) is 46.3 Å². The molecule has 1 spiro atoms. The Balaban J connectivity index is 0.774. The molecule has 4 aliphatic carbocycles. The summed E-state index contributed by atoms with van der Waals surface area (Å²) in [7, 11) is 0. The van der Waals surface area contributed by atoms with E-state index >= 15 is 35.1 Å². The minimum atomic E-state index is -1.63. The van der Waals surface area contributed by atoms with E-state index in [-0.39, 0.29) is 11.1 Å². The molecule has 0 heterocycles. The molecule has 20 rings (SSSR count). The van der Waals surface area contributed by atoms with Crippen LogP contribution in [0.2, 0.25) is 0 Å². The molecule has 2 unspecified atom stereocenters. The van der Waals surface area contributed by atoms with Gasteiger partial charge in [-0.3, -0.25) is 0 Å². The van der Waals surface area contributed by atoms with Crippen LogP contribution in [0.1, 0.15) is 77.9 Å². The maximum Gasteiger partial charge on any atom is 0.161 e. The highest BCUT2D eigenvalue weighted by Crippen LogP contribution is 2.66. The van der Waals surface area contributed by atoms with E-state index in [1.54, 1.807) is 60.7 Å². The predicted octanol–water partition coefficient (Wildman–Crippen LogP) is 27.7. The molecule has 0 amide bonds. The first-order valence-corrected chi connectivity index (χ1v) is 37.6. The SMILES string of the molecule is C=Cc1ccc(Oc2ccc(C3(c4cc(F)c(F)cc4F)c4ccccc4-c4ccc(N(c5ccc(F)cc5)c5ccc6c(c5)C5(c7ccccc7-6)c6ccccc6-c6ccc(N(c7ccc(F)cc7)c7ccc8c(c7)C(c7ccc(Oc9ccc(C=C)cc9)cc7)(c7cc(F)c(F)cc7F)c7ccccc7-8)cc65)cc43)cc2)cc1. The smallest absolute Gasteiger partial charge is 0.161 e. The van der Waals surface area contributed by atoms with Gasteiger partial charge in [0, 0.05) is 57.4 Å². The van der Waals surface area contributed by atoms with Crippen molar-refractivity contribution >= 4 is 46.3 Å². The zero-order valence-corrected chi connectivity index (χ0v) is 61.1. The van der Waals surface area contributed by atoms with E-state index in [1.165, 1.54) is 24.3 Å². The van der Waals surface area contributed by atoms with Gasteiger partial charge in [-0.25, -0.2) is 35.1 Å². The highest BCUT2D eigenvalue weighted by Gasteiger charge is 2.54. The molecule has 4 aliphatic rings. The molecule has 0 N–H and O–H groups in total. The van der Waals surface area contributed by atoms with Crippen molar-refractivity contribution in [3.8, 4) is 67.5 Å². The Morgan fingerprint density at radius 2 is 0.470 bits per heavy atom. The molecule has 0 fully saturated rings. The van der Waals surface area contributed by atoms with E-state index in [9.17, 15) is 0 Å². The quantitative estimate of drug-likeness (QED) is 0.0711. The van der Waals surface area contributed by atoms with Crippen molar-refractivity contribution in [2.45, 2.75) is 16.2 Å². The van der Waals surface area contributed by atoms with E-state index in [0.717, 1.165) is 78.9 Å². The van der Waals surface area contributed by atoms with Gasteiger partial charge in [0.25, 0.3) is 0 Å². The third-order valence-corrected chi connectivity index (χ3v) is 23.4. The van der Waals surface area contributed by atoms with Crippen LogP contribution < -0.4 is 19.3 Å². The number of hydrogen-bond acceptors (Lipinski definition) is 4. The molecule has 115 heavy (non-hydrogen) atoms. The van der Waals surface area contributed by atoms with Crippen molar-refractivity contribution in [3.05, 3.63) is 477 Å². The van der Waals surface area contributed by atoms with E-state index in [4.69, 9.17) is 9.47 Å². The van der Waals surface area contributed by atoms with E-state index < -0.39 is 62.8 Å². The number of hydrogen-bond donors (Lipinski definition) is 0. The van der Waals surface area contributed by atoms with Crippen LogP contribution in [0.25, 0.3) is 56.7 Å². The minimum Gasteiger partial charge on any atom is -0.457 e. The van der Waals surface area contributed by atoms with Gasteiger partial charge in [-0.2, -0.15) is 0 Å². The van der Waals surface area contributed by atoms with Crippen molar-refractivity contribution in [2.24, 2.45) is 0 Å². The van der Waals surface area contributed by atoms with Gasteiger partial charge in [-0.05, 0) is 269 Å². The van der Waals surface area contributed by atoms with Crippen LogP contribution in [0.4, 0.5) is 69.2 Å². The summed E-state index contributed by atoms with van der Waals surface area (Å²) in [6.07, 6.45) is 3.47. The predicted molar refractivity (Wildman–Crippen MR) is 440 cm³/mol. The molecule has 12 heteroatoms. The number of benzene rings is 16. The lowest BCUT2D eigenvalue weighted by atomic mass is 9.67. The lowest BCUT2D eigenvalue weighted by Gasteiger charge is -2.36. The molecule has 0 aromatic heterocycles. The lowest BCUT2D eigenvalue weighted by molar-refractivity contribution is 0.480. The summed E-state index contributed by atoms with van der Waals surface area (Å²) in [5.41, 5.74) is 14.6. The molecule has 2 atom stereocenters. The Morgan fingerprint density at radius 3 is 0.774 bits per heavy atom. The number of rotatable bonds is 16. The molecule has 552 valence electrons. The summed E-state index contributed by atoms with van der Waals surface area (Å²) in [6.45, 7) is 7.74. The summed E-state index contributed by atoms with van der Waals surface area (Å²) in [6, 6.07) is 101. The first-order chi connectivity index (χ1) is 56.1. The average molecular weight is 1510 g/mol. The van der Waals surface area contributed by atoms with E-state index in [0.29, 0.717) is 114 Å². The summed E-state index contributed by atoms with van der Waals surface area (Å²) >= 11 is 0. The number of ether oxygens (including phenoxy) is 2. The third-order valence-electron chi connectivity index (χ3n) is 23.4. The Labute approximate surface area is 658 Å². The van der Waals surface area contributed by atoms with Crippen LogP contribution in [-0.2, 0) is 16.2 Å². The van der Waals surface area contributed by atoms with Crippen molar-refractivity contribution in [1.29, 1.82) is 0 Å². The second-order valence-corrected chi connectivity index (χ2v) is 29.3. The summed E-state index contributed by atoms with van der Waals surface area (Å²) < 4.78 is 143. The van der Waals surface area contributed by atoms with Gasteiger partial charge in [-0.15, -0.1) is 0 Å². The number of halogens is 8. The maximum atomic E-state index is 17.5. The average Bonchev–Trinajstić information content (AvgIpc) is 1.51. The maximum absolute atomic E-state index is 17.5. The van der Waals surface area contributed by atoms with Gasteiger partial charge < -0.3 is 19.3 Å². The third kappa shape index (κ3) is 10.7. The molecule has 0 saturated heterocycles. The molecule has 16 aromatic rings. The summed E-state index contributed by atoms with van der Waals surface area (Å²) in [4.78, 5) is 4.05. The van der Waals surface area contributed by atoms with Crippen LogP contribution in [0.5, 0.6) is 23.0 Å². The normalized spacial score (nSPS) is 16.0. The molecule has 4 nitrogen and oxygen atoms in total. The number of fused-ring (bicyclic) bond motifs is 16. The molecule has 0 aliphatic heterocycles. The Morgan fingerprint density at radius 1 is 0.217 bits per heavy atom. The van der Waals surface area contributed by atoms with Crippen molar-refractivity contribution in [1.82, 2.24) is 0 Å². The Kier molecular flexibility index (Phi) is 16.4. The first-order valence-electron chi connectivity index (χ1n) is 37.6. The van der Waals surface area contributed by atoms with Crippen molar-refractivity contribution < 1.29 is 44.6 Å². The van der Waals surface area contributed by atoms with Gasteiger partial charge in [-0.1, -0.05) is 195 Å². The largest absolute Gasteiger partial charge is 0.457 e. The van der Waals surface area contributed by atoms with Gasteiger partial charge in [0.2, 0.25) is 0 Å². The van der Waals surface area contributed by atoms with Gasteiger partial charge >= 0.3 is 0 Å². The zero-order valence-electron chi connectivity index (χ0n) is 61.1. The molecular weight excluding hydrogens is 1450 g/mol. The fraction of sp³-hybridized carbons (Fsp3) is 0.0291. The summed E-state index contributed by atoms with van der Waals surface area (Å²) in [5, 5.41) is 0. The standard InChI is InChI=1S/C103H62F8N2O2/c1-3-61-21-41-73(42-22-61)114-75-45-25-63(26-46-75)101(93-57-97(108)99(110)59-95(93)106)85-17-9-5-13-77(85)81-49-37-69(53-89(81)101)112(67-33-29-65(104)30-34-67)71-39-51-83-79-15-7-11-19-87(79)103(91(83)55-71)88-20-12-8-16-80(88)84-52-40-72(56-92(84)103)113(68-35-31-66(105)32-36-68)70-38-50-82-78-14-6-10-18-86(78)102(90(82)54-70,94-58-98(109)100(111)60-96(94)107)64-27-47-76(48-28-64)115-74-43-23-62(4-2)24-44-74/h3-60H,1-2H2. The van der Waals surface area contributed by atoms with Crippen molar-refractivity contribution in [3.63, 3.8) is 0 Å². The van der Waals surface area contributed by atoms with Crippen LogP contribution in [0.3, 0.4) is 0 Å². The lowest BCUT2D eigenvalue weighted by Crippen LogP contribution is -2.30. The second-order valence-electron chi connectivity index (χ2n) is 29.3. The highest BCUT2D eigenvalue weighted by atomic mass is 19.2. The molecule has 0 saturated carbocycles.